The van der Waals surface area contributed by atoms with Crippen LogP contribution in [0.1, 0.15) is 20.8 Å². The molecule has 164 valence electrons. The summed E-state index contributed by atoms with van der Waals surface area (Å²) in [5.41, 5.74) is 2.37. The van der Waals surface area contributed by atoms with Crippen molar-refractivity contribution in [2.75, 3.05) is 0 Å². The molecule has 0 spiro atoms. The van der Waals surface area contributed by atoms with Gasteiger partial charge in [0, 0.05) is 34.4 Å². The molecule has 0 unspecified atom stereocenters. The lowest BCUT2D eigenvalue weighted by Gasteiger charge is -2.20. The minimum absolute atomic E-state index is 0.0447. The maximum atomic E-state index is 12.9. The van der Waals surface area contributed by atoms with E-state index in [-0.39, 0.29) is 15.2 Å². The number of rotatable bonds is 4. The molecule has 0 bridgehead atoms. The molecule has 4 rings (SSSR count). The minimum atomic E-state index is -3.78. The Kier molecular flexibility index (Phi) is 5.98. The third kappa shape index (κ3) is 4.50. The standard InChI is InChI=1S/C24H21Cl2N3O2S/c1-24(2,3)29-32(30,31)17-12-16(13-27-14-17)20-19-11-7-10-18(15-8-5-4-6-9-15)21(19)23(26)28-22(20)25/h4-14,29H,1-3H3. The zero-order chi connectivity index (χ0) is 23.1. The topological polar surface area (TPSA) is 72.0 Å². The zero-order valence-corrected chi connectivity index (χ0v) is 20.1. The first-order valence-corrected chi connectivity index (χ1v) is 12.1. The second kappa shape index (κ2) is 8.45. The Morgan fingerprint density at radius 1 is 0.875 bits per heavy atom. The second-order valence-electron chi connectivity index (χ2n) is 8.43. The third-order valence-corrected chi connectivity index (χ3v) is 7.05. The molecule has 0 aliphatic carbocycles. The van der Waals surface area contributed by atoms with E-state index >= 15 is 0 Å². The first kappa shape index (κ1) is 22.7. The predicted molar refractivity (Wildman–Crippen MR) is 131 cm³/mol. The molecule has 4 aromatic rings. The average molecular weight is 486 g/mol. The normalized spacial score (nSPS) is 12.3. The maximum absolute atomic E-state index is 12.9. The van der Waals surface area contributed by atoms with E-state index in [2.05, 4.69) is 14.7 Å². The summed E-state index contributed by atoms with van der Waals surface area (Å²) in [7, 11) is -3.78. The highest BCUT2D eigenvalue weighted by Gasteiger charge is 2.24. The molecule has 32 heavy (non-hydrogen) atoms. The van der Waals surface area contributed by atoms with Crippen molar-refractivity contribution in [1.82, 2.24) is 14.7 Å². The maximum Gasteiger partial charge on any atom is 0.242 e. The van der Waals surface area contributed by atoms with Crippen molar-refractivity contribution in [2.45, 2.75) is 31.2 Å². The van der Waals surface area contributed by atoms with Gasteiger partial charge in [0.1, 0.15) is 15.2 Å². The molecule has 0 atom stereocenters. The van der Waals surface area contributed by atoms with Crippen LogP contribution in [0, 0.1) is 0 Å². The second-order valence-corrected chi connectivity index (χ2v) is 10.8. The van der Waals surface area contributed by atoms with Crippen LogP contribution in [0.25, 0.3) is 33.0 Å². The van der Waals surface area contributed by atoms with Gasteiger partial charge in [-0.05, 0) is 43.4 Å². The van der Waals surface area contributed by atoms with Crippen molar-refractivity contribution in [3.63, 3.8) is 0 Å². The Balaban J connectivity index is 1.95. The lowest BCUT2D eigenvalue weighted by atomic mass is 9.95. The van der Waals surface area contributed by atoms with Gasteiger partial charge in [-0.3, -0.25) is 4.98 Å². The van der Waals surface area contributed by atoms with E-state index in [9.17, 15) is 8.42 Å². The summed E-state index contributed by atoms with van der Waals surface area (Å²) in [5, 5.41) is 1.95. The molecule has 0 aliphatic heterocycles. The van der Waals surface area contributed by atoms with Gasteiger partial charge in [0.25, 0.3) is 0 Å². The number of nitrogens with zero attached hydrogens (tertiary/aromatic N) is 2. The summed E-state index contributed by atoms with van der Waals surface area (Å²) in [6, 6.07) is 17.2. The predicted octanol–water partition coefficient (Wildman–Crippen LogP) is 6.35. The van der Waals surface area contributed by atoms with E-state index in [1.807, 2.05) is 48.5 Å². The summed E-state index contributed by atoms with van der Waals surface area (Å²) in [5.74, 6) is 0. The Morgan fingerprint density at radius 3 is 2.28 bits per heavy atom. The monoisotopic (exact) mass is 485 g/mol. The van der Waals surface area contributed by atoms with E-state index in [1.54, 1.807) is 33.0 Å². The number of sulfonamides is 1. The van der Waals surface area contributed by atoms with Crippen molar-refractivity contribution in [3.05, 3.63) is 77.3 Å². The molecular formula is C24H21Cl2N3O2S. The fourth-order valence-electron chi connectivity index (χ4n) is 3.59. The van der Waals surface area contributed by atoms with Crippen molar-refractivity contribution >= 4 is 44.0 Å². The third-order valence-electron chi connectivity index (χ3n) is 4.78. The highest BCUT2D eigenvalue weighted by Crippen LogP contribution is 2.41. The fraction of sp³-hybridized carbons (Fsp3) is 0.167. The highest BCUT2D eigenvalue weighted by molar-refractivity contribution is 7.89. The molecule has 0 saturated heterocycles. The van der Waals surface area contributed by atoms with Crippen molar-refractivity contribution in [3.8, 4) is 22.3 Å². The van der Waals surface area contributed by atoms with Crippen molar-refractivity contribution < 1.29 is 8.42 Å². The number of halogens is 2. The molecular weight excluding hydrogens is 465 g/mol. The minimum Gasteiger partial charge on any atom is -0.263 e. The summed E-state index contributed by atoms with van der Waals surface area (Å²) in [4.78, 5) is 8.57. The largest absolute Gasteiger partial charge is 0.263 e. The summed E-state index contributed by atoms with van der Waals surface area (Å²) in [6.45, 7) is 5.33. The van der Waals surface area contributed by atoms with Crippen LogP contribution < -0.4 is 4.72 Å². The van der Waals surface area contributed by atoms with E-state index in [0.29, 0.717) is 11.1 Å². The van der Waals surface area contributed by atoms with Crippen LogP contribution in [0.2, 0.25) is 10.3 Å². The van der Waals surface area contributed by atoms with Gasteiger partial charge in [0.15, 0.2) is 0 Å². The molecule has 0 amide bonds. The number of fused-ring (bicyclic) bond motifs is 1. The van der Waals surface area contributed by atoms with Gasteiger partial charge in [0.05, 0.1) is 0 Å². The van der Waals surface area contributed by atoms with Gasteiger partial charge < -0.3 is 0 Å². The molecule has 0 fully saturated rings. The molecule has 0 radical (unpaired) electrons. The van der Waals surface area contributed by atoms with Gasteiger partial charge >= 0.3 is 0 Å². The van der Waals surface area contributed by atoms with Gasteiger partial charge in [-0.25, -0.2) is 18.1 Å². The lowest BCUT2D eigenvalue weighted by molar-refractivity contribution is 0.491. The van der Waals surface area contributed by atoms with E-state index < -0.39 is 15.6 Å². The van der Waals surface area contributed by atoms with E-state index in [0.717, 1.165) is 21.9 Å². The van der Waals surface area contributed by atoms with Gasteiger partial charge in [0.2, 0.25) is 10.0 Å². The zero-order valence-electron chi connectivity index (χ0n) is 17.7. The van der Waals surface area contributed by atoms with Crippen LogP contribution >= 0.6 is 23.2 Å². The van der Waals surface area contributed by atoms with Gasteiger partial charge in [-0.1, -0.05) is 71.7 Å². The van der Waals surface area contributed by atoms with Crippen molar-refractivity contribution in [1.29, 1.82) is 0 Å². The van der Waals surface area contributed by atoms with Gasteiger partial charge in [-0.15, -0.1) is 0 Å². The Bertz CT molecular complexity index is 1420. The molecule has 0 saturated carbocycles. The Hall–Kier alpha value is -2.51. The molecule has 2 aromatic heterocycles. The van der Waals surface area contributed by atoms with Crippen LogP contribution in [-0.2, 0) is 10.0 Å². The van der Waals surface area contributed by atoms with Crippen LogP contribution in [0.15, 0.2) is 71.9 Å². The molecule has 5 nitrogen and oxygen atoms in total. The summed E-state index contributed by atoms with van der Waals surface area (Å²) in [6.07, 6.45) is 2.88. The number of hydrogen-bond acceptors (Lipinski definition) is 4. The van der Waals surface area contributed by atoms with E-state index in [4.69, 9.17) is 23.2 Å². The highest BCUT2D eigenvalue weighted by atomic mass is 35.5. The van der Waals surface area contributed by atoms with E-state index in [1.165, 1.54) is 6.20 Å². The SMILES string of the molecule is CC(C)(C)NS(=O)(=O)c1cncc(-c2c(Cl)nc(Cl)c3c(-c4ccccc4)cccc23)c1. The Morgan fingerprint density at radius 2 is 1.59 bits per heavy atom. The molecule has 2 aromatic carbocycles. The fourth-order valence-corrected chi connectivity index (χ4v) is 5.62. The quantitative estimate of drug-likeness (QED) is 0.342. The Labute approximate surface area is 197 Å². The first-order valence-electron chi connectivity index (χ1n) is 9.89. The van der Waals surface area contributed by atoms with Crippen LogP contribution in [0.5, 0.6) is 0 Å². The summed E-state index contributed by atoms with van der Waals surface area (Å²) >= 11 is 13.1. The molecule has 8 heteroatoms. The number of nitrogens with one attached hydrogen (secondary N) is 1. The molecule has 1 N–H and O–H groups in total. The van der Waals surface area contributed by atoms with Crippen LogP contribution in [0.4, 0.5) is 0 Å². The average Bonchev–Trinajstić information content (AvgIpc) is 2.72. The lowest BCUT2D eigenvalue weighted by Crippen LogP contribution is -2.40. The number of pyridine rings is 2. The molecule has 2 heterocycles. The number of benzene rings is 2. The summed E-state index contributed by atoms with van der Waals surface area (Å²) < 4.78 is 28.3. The number of hydrogen-bond donors (Lipinski definition) is 1. The first-order chi connectivity index (χ1) is 15.1. The molecule has 0 aliphatic rings. The smallest absolute Gasteiger partial charge is 0.242 e. The van der Waals surface area contributed by atoms with Gasteiger partial charge in [-0.2, -0.15) is 0 Å². The van der Waals surface area contributed by atoms with Crippen LogP contribution in [0.3, 0.4) is 0 Å². The van der Waals surface area contributed by atoms with Crippen molar-refractivity contribution in [2.24, 2.45) is 0 Å². The number of aromatic nitrogens is 2. The van der Waals surface area contributed by atoms with Crippen LogP contribution in [-0.4, -0.2) is 23.9 Å².